The van der Waals surface area contributed by atoms with E-state index in [9.17, 15) is 0 Å². The molecular formula is C17H36O4. The summed E-state index contributed by atoms with van der Waals surface area (Å²) in [6.45, 7) is 7.40. The number of methoxy groups -OCH3 is 3. The van der Waals surface area contributed by atoms with Gasteiger partial charge in [-0.2, -0.15) is 0 Å². The molecule has 0 N–H and O–H groups in total. The Morgan fingerprint density at radius 1 is 1.00 bits per heavy atom. The molecule has 1 rings (SSSR count). The Morgan fingerprint density at radius 2 is 1.43 bits per heavy atom. The predicted molar refractivity (Wildman–Crippen MR) is 86.3 cm³/mol. The van der Waals surface area contributed by atoms with Crippen LogP contribution < -0.4 is 0 Å². The van der Waals surface area contributed by atoms with Gasteiger partial charge in [-0.3, -0.25) is 0 Å². The lowest BCUT2D eigenvalue weighted by Gasteiger charge is -2.34. The van der Waals surface area contributed by atoms with E-state index in [0.29, 0.717) is 6.10 Å². The molecule has 1 saturated heterocycles. The summed E-state index contributed by atoms with van der Waals surface area (Å²) in [6, 6.07) is 0. The number of epoxide rings is 1. The average Bonchev–Trinajstić information content (AvgIpc) is 3.28. The maximum atomic E-state index is 5.35. The molecule has 128 valence electrons. The third-order valence-electron chi connectivity index (χ3n) is 3.95. The van der Waals surface area contributed by atoms with Gasteiger partial charge in [0.25, 0.3) is 5.97 Å². The van der Waals surface area contributed by atoms with Gasteiger partial charge in [0.2, 0.25) is 0 Å². The van der Waals surface area contributed by atoms with E-state index in [2.05, 4.69) is 20.8 Å². The fourth-order valence-electron chi connectivity index (χ4n) is 2.36. The summed E-state index contributed by atoms with van der Waals surface area (Å²) in [4.78, 5) is 0. The first kappa shape index (κ1) is 20.8. The number of rotatable bonds is 11. The Hall–Kier alpha value is -0.160. The quantitative estimate of drug-likeness (QED) is 0.323. The third kappa shape index (κ3) is 9.46. The zero-order valence-electron chi connectivity index (χ0n) is 14.9. The van der Waals surface area contributed by atoms with Crippen molar-refractivity contribution in [3.8, 4) is 0 Å². The van der Waals surface area contributed by atoms with Crippen molar-refractivity contribution in [3.63, 3.8) is 0 Å². The smallest absolute Gasteiger partial charge is 0.284 e. The minimum atomic E-state index is -0.872. The Balaban J connectivity index is 0.000000847. The zero-order valence-corrected chi connectivity index (χ0v) is 14.9. The number of unbranched alkanes of at least 4 members (excludes halogenated alkanes) is 5. The van der Waals surface area contributed by atoms with Gasteiger partial charge in [0.05, 0.1) is 12.7 Å². The lowest BCUT2D eigenvalue weighted by atomic mass is 9.99. The van der Waals surface area contributed by atoms with Crippen molar-refractivity contribution in [1.82, 2.24) is 0 Å². The summed E-state index contributed by atoms with van der Waals surface area (Å²) in [5.74, 6) is -0.627. The molecule has 21 heavy (non-hydrogen) atoms. The van der Waals surface area contributed by atoms with Crippen molar-refractivity contribution in [2.45, 2.75) is 77.8 Å². The summed E-state index contributed by atoms with van der Waals surface area (Å²) in [5, 5.41) is 0. The fourth-order valence-corrected chi connectivity index (χ4v) is 2.36. The average molecular weight is 304 g/mol. The van der Waals surface area contributed by atoms with E-state index in [-0.39, 0.29) is 5.92 Å². The summed E-state index contributed by atoms with van der Waals surface area (Å²) in [5.41, 5.74) is 0. The Morgan fingerprint density at radius 3 is 1.81 bits per heavy atom. The highest BCUT2D eigenvalue weighted by atomic mass is 16.9. The van der Waals surface area contributed by atoms with Crippen molar-refractivity contribution in [1.29, 1.82) is 0 Å². The van der Waals surface area contributed by atoms with Crippen LogP contribution >= 0.6 is 0 Å². The molecule has 0 aromatic heterocycles. The van der Waals surface area contributed by atoms with Crippen molar-refractivity contribution >= 4 is 0 Å². The van der Waals surface area contributed by atoms with Gasteiger partial charge in [0, 0.05) is 27.2 Å². The summed E-state index contributed by atoms with van der Waals surface area (Å²) in [7, 11) is 4.89. The monoisotopic (exact) mass is 304 g/mol. The highest BCUT2D eigenvalue weighted by Crippen LogP contribution is 2.27. The first-order valence-electron chi connectivity index (χ1n) is 8.33. The van der Waals surface area contributed by atoms with Crippen LogP contribution in [-0.2, 0) is 18.9 Å². The minimum absolute atomic E-state index is 0.244. The molecular weight excluding hydrogens is 268 g/mol. The van der Waals surface area contributed by atoms with Gasteiger partial charge in [0.1, 0.15) is 0 Å². The molecule has 1 aliphatic heterocycles. The van der Waals surface area contributed by atoms with Crippen LogP contribution in [0.3, 0.4) is 0 Å². The van der Waals surface area contributed by atoms with Gasteiger partial charge in [-0.05, 0) is 13.3 Å². The molecule has 4 heteroatoms. The van der Waals surface area contributed by atoms with Crippen LogP contribution in [0.2, 0.25) is 0 Å². The van der Waals surface area contributed by atoms with Crippen LogP contribution in [0.4, 0.5) is 0 Å². The topological polar surface area (TPSA) is 40.2 Å². The van der Waals surface area contributed by atoms with E-state index in [0.717, 1.165) is 13.0 Å². The molecule has 2 unspecified atom stereocenters. The van der Waals surface area contributed by atoms with Crippen LogP contribution in [-0.4, -0.2) is 40.0 Å². The summed E-state index contributed by atoms with van der Waals surface area (Å²) in [6.07, 6.45) is 9.50. The van der Waals surface area contributed by atoms with E-state index in [1.54, 1.807) is 21.3 Å². The normalized spacial score (nSPS) is 18.9. The second-order valence-electron chi connectivity index (χ2n) is 5.82. The van der Waals surface area contributed by atoms with Crippen LogP contribution in [0.5, 0.6) is 0 Å². The van der Waals surface area contributed by atoms with Gasteiger partial charge < -0.3 is 18.9 Å². The molecule has 0 bridgehead atoms. The van der Waals surface area contributed by atoms with Crippen molar-refractivity contribution in [3.05, 3.63) is 0 Å². The molecule has 2 atom stereocenters. The highest BCUT2D eigenvalue weighted by molar-refractivity contribution is 4.66. The van der Waals surface area contributed by atoms with Gasteiger partial charge in [0.15, 0.2) is 0 Å². The maximum absolute atomic E-state index is 5.35. The van der Waals surface area contributed by atoms with E-state index >= 15 is 0 Å². The van der Waals surface area contributed by atoms with Gasteiger partial charge >= 0.3 is 0 Å². The second kappa shape index (κ2) is 12.4. The molecule has 1 fully saturated rings. The highest BCUT2D eigenvalue weighted by Gasteiger charge is 2.36. The van der Waals surface area contributed by atoms with E-state index in [1.807, 2.05) is 0 Å². The predicted octanol–water partition coefficient (Wildman–Crippen LogP) is 4.37. The molecule has 0 radical (unpaired) electrons. The third-order valence-corrected chi connectivity index (χ3v) is 3.95. The van der Waals surface area contributed by atoms with E-state index < -0.39 is 5.97 Å². The van der Waals surface area contributed by atoms with Crippen LogP contribution in [0, 0.1) is 5.92 Å². The number of hydrogen-bond donors (Lipinski definition) is 0. The van der Waals surface area contributed by atoms with Crippen LogP contribution in [0.25, 0.3) is 0 Å². The number of hydrogen-bond acceptors (Lipinski definition) is 4. The molecule has 0 aromatic carbocycles. The molecule has 0 spiro atoms. The van der Waals surface area contributed by atoms with Crippen molar-refractivity contribution < 1.29 is 18.9 Å². The van der Waals surface area contributed by atoms with Crippen molar-refractivity contribution in [2.75, 3.05) is 27.9 Å². The largest absolute Gasteiger partial charge is 0.373 e. The Bertz CT molecular complexity index is 217. The molecule has 1 aliphatic rings. The first-order chi connectivity index (χ1) is 10.1. The van der Waals surface area contributed by atoms with Crippen molar-refractivity contribution in [2.24, 2.45) is 5.92 Å². The molecule has 0 amide bonds. The van der Waals surface area contributed by atoms with Gasteiger partial charge in [-0.25, -0.2) is 0 Å². The lowest BCUT2D eigenvalue weighted by molar-refractivity contribution is -0.377. The summed E-state index contributed by atoms with van der Waals surface area (Å²) < 4.78 is 20.8. The zero-order chi connectivity index (χ0) is 16.1. The van der Waals surface area contributed by atoms with Gasteiger partial charge in [-0.1, -0.05) is 52.4 Å². The molecule has 4 nitrogen and oxygen atoms in total. The fraction of sp³-hybridized carbons (Fsp3) is 1.00. The lowest BCUT2D eigenvalue weighted by Crippen LogP contribution is -2.42. The Kier molecular flexibility index (Phi) is 12.3. The second-order valence-corrected chi connectivity index (χ2v) is 5.82. The standard InChI is InChI=1S/C14H30O3.C3H6O/c1-6-7-8-9-10-11-12-13(2)14(15-3,16-4)17-5;1-3-2-4-3/h13H,6-12H2,1-5H3;3H,2H2,1H3. The molecule has 1 heterocycles. The SMILES string of the molecule is CC1CO1.CCCCCCCCC(C)C(OC)(OC)OC. The summed E-state index contributed by atoms with van der Waals surface area (Å²) >= 11 is 0. The number of ether oxygens (including phenoxy) is 4. The first-order valence-corrected chi connectivity index (χ1v) is 8.33. The van der Waals surface area contributed by atoms with Crippen LogP contribution in [0.15, 0.2) is 0 Å². The Labute approximate surface area is 131 Å². The van der Waals surface area contributed by atoms with E-state index in [1.165, 1.54) is 38.5 Å². The van der Waals surface area contributed by atoms with Crippen LogP contribution in [0.1, 0.15) is 65.7 Å². The maximum Gasteiger partial charge on any atom is 0.284 e. The van der Waals surface area contributed by atoms with E-state index in [4.69, 9.17) is 18.9 Å². The molecule has 0 aliphatic carbocycles. The van der Waals surface area contributed by atoms with Gasteiger partial charge in [-0.15, -0.1) is 0 Å². The minimum Gasteiger partial charge on any atom is -0.373 e. The molecule has 0 saturated carbocycles. The molecule has 0 aromatic rings.